The molecule has 0 fully saturated rings. The number of carbonyl (C=O) groups excluding carboxylic acids is 1. The molecule has 2 N–H and O–H groups in total. The van der Waals surface area contributed by atoms with Crippen molar-refractivity contribution >= 4 is 23.2 Å². The summed E-state index contributed by atoms with van der Waals surface area (Å²) >= 11 is 0. The van der Waals surface area contributed by atoms with Gasteiger partial charge in [0, 0.05) is 18.1 Å². The van der Waals surface area contributed by atoms with Crippen molar-refractivity contribution in [2.45, 2.75) is 0 Å². The first-order valence-corrected chi connectivity index (χ1v) is 7.23. The molecule has 132 valence electrons. The van der Waals surface area contributed by atoms with Crippen LogP contribution in [0.15, 0.2) is 48.8 Å². The summed E-state index contributed by atoms with van der Waals surface area (Å²) in [5, 5.41) is 4.91. The number of halogens is 4. The lowest BCUT2D eigenvalue weighted by Crippen LogP contribution is -2.13. The highest BCUT2D eigenvalue weighted by Crippen LogP contribution is 2.22. The number of nitrogens with one attached hydrogen (secondary N) is 2. The van der Waals surface area contributed by atoms with E-state index >= 15 is 0 Å². The minimum atomic E-state index is -1.62. The molecule has 0 saturated carbocycles. The molecule has 1 amide bonds. The van der Waals surface area contributed by atoms with E-state index in [9.17, 15) is 22.4 Å². The van der Waals surface area contributed by atoms with Crippen LogP contribution in [0.25, 0.3) is 0 Å². The Balaban J connectivity index is 1.71. The molecule has 5 nitrogen and oxygen atoms in total. The lowest BCUT2D eigenvalue weighted by atomic mass is 10.2. The number of carbonyl (C=O) groups is 1. The zero-order valence-corrected chi connectivity index (χ0v) is 12.9. The van der Waals surface area contributed by atoms with Crippen LogP contribution in [0.2, 0.25) is 0 Å². The summed E-state index contributed by atoms with van der Waals surface area (Å²) in [6.07, 6.45) is 2.32. The predicted molar refractivity (Wildman–Crippen MR) is 86.0 cm³/mol. The highest BCUT2D eigenvalue weighted by Gasteiger charge is 2.14. The molecule has 0 unspecified atom stereocenters. The summed E-state index contributed by atoms with van der Waals surface area (Å²) in [5.74, 6) is -5.44. The minimum absolute atomic E-state index is 0.0885. The second-order valence-corrected chi connectivity index (χ2v) is 5.10. The Morgan fingerprint density at radius 2 is 1.50 bits per heavy atom. The number of hydrogen-bond acceptors (Lipinski definition) is 4. The summed E-state index contributed by atoms with van der Waals surface area (Å²) in [5.41, 5.74) is 0.112. The summed E-state index contributed by atoms with van der Waals surface area (Å²) in [6, 6.07) is 6.90. The Labute approximate surface area is 144 Å². The molecule has 0 aliphatic carbocycles. The van der Waals surface area contributed by atoms with Crippen molar-refractivity contribution in [3.05, 3.63) is 77.6 Å². The first-order chi connectivity index (χ1) is 12.4. The van der Waals surface area contributed by atoms with Crippen LogP contribution in [0.5, 0.6) is 0 Å². The van der Waals surface area contributed by atoms with Crippen molar-refractivity contribution in [3.63, 3.8) is 0 Å². The third kappa shape index (κ3) is 3.77. The van der Waals surface area contributed by atoms with Crippen molar-refractivity contribution in [1.29, 1.82) is 0 Å². The lowest BCUT2D eigenvalue weighted by molar-refractivity contribution is 0.102. The third-order valence-corrected chi connectivity index (χ3v) is 3.30. The zero-order chi connectivity index (χ0) is 18.7. The highest BCUT2D eigenvalue weighted by molar-refractivity contribution is 6.03. The molecule has 26 heavy (non-hydrogen) atoms. The van der Waals surface area contributed by atoms with Gasteiger partial charge in [0.15, 0.2) is 17.5 Å². The van der Waals surface area contributed by atoms with E-state index in [0.717, 1.165) is 24.5 Å². The Bertz CT molecular complexity index is 946. The number of hydrogen-bond donors (Lipinski definition) is 2. The van der Waals surface area contributed by atoms with Gasteiger partial charge in [0.25, 0.3) is 5.91 Å². The number of nitrogens with zero attached hydrogens (tertiary/aromatic N) is 2. The molecule has 0 saturated heterocycles. The van der Waals surface area contributed by atoms with Crippen molar-refractivity contribution < 1.29 is 22.4 Å². The van der Waals surface area contributed by atoms with Gasteiger partial charge in [-0.2, -0.15) is 0 Å². The second-order valence-electron chi connectivity index (χ2n) is 5.10. The fourth-order valence-electron chi connectivity index (χ4n) is 1.99. The van der Waals surface area contributed by atoms with Gasteiger partial charge in [-0.1, -0.05) is 0 Å². The van der Waals surface area contributed by atoms with E-state index in [-0.39, 0.29) is 17.2 Å². The molecule has 3 aromatic rings. The molecule has 0 aliphatic heterocycles. The molecule has 2 aromatic carbocycles. The minimum Gasteiger partial charge on any atom is -0.322 e. The normalized spacial score (nSPS) is 10.5. The standard InChI is InChI=1S/C17H10F4N4O/c18-10-1-3-11(4-2-10)24-16(26)9-7-22-17(23-8-9)25-13-6-5-12(19)14(20)15(13)21/h1-8H,(H,24,26)(H,22,23,25). The van der Waals surface area contributed by atoms with Gasteiger partial charge in [-0.25, -0.2) is 27.5 Å². The summed E-state index contributed by atoms with van der Waals surface area (Å²) in [6.45, 7) is 0. The fourth-order valence-corrected chi connectivity index (χ4v) is 1.99. The van der Waals surface area contributed by atoms with Crippen LogP contribution in [0.3, 0.4) is 0 Å². The molecule has 0 spiro atoms. The Morgan fingerprint density at radius 1 is 0.846 bits per heavy atom. The number of rotatable bonds is 4. The zero-order valence-electron chi connectivity index (χ0n) is 12.9. The number of anilines is 3. The maximum Gasteiger partial charge on any atom is 0.258 e. The Morgan fingerprint density at radius 3 is 2.15 bits per heavy atom. The summed E-state index contributed by atoms with van der Waals surface area (Å²) in [4.78, 5) is 19.7. The number of benzene rings is 2. The maximum absolute atomic E-state index is 13.6. The van der Waals surface area contributed by atoms with Crippen LogP contribution >= 0.6 is 0 Å². The average molecular weight is 362 g/mol. The van der Waals surface area contributed by atoms with Gasteiger partial charge in [-0.05, 0) is 36.4 Å². The van der Waals surface area contributed by atoms with Gasteiger partial charge in [-0.3, -0.25) is 4.79 Å². The van der Waals surface area contributed by atoms with Crippen LogP contribution in [-0.2, 0) is 0 Å². The first-order valence-electron chi connectivity index (χ1n) is 7.23. The molecule has 0 aliphatic rings. The van der Waals surface area contributed by atoms with Crippen LogP contribution in [0, 0.1) is 23.3 Å². The largest absolute Gasteiger partial charge is 0.322 e. The van der Waals surface area contributed by atoms with E-state index in [1.807, 2.05) is 0 Å². The first kappa shape index (κ1) is 17.3. The van der Waals surface area contributed by atoms with E-state index in [1.54, 1.807) is 0 Å². The van der Waals surface area contributed by atoms with Crippen molar-refractivity contribution in [3.8, 4) is 0 Å². The molecule has 0 bridgehead atoms. The Kier molecular flexibility index (Phi) is 4.78. The van der Waals surface area contributed by atoms with Gasteiger partial charge >= 0.3 is 0 Å². The van der Waals surface area contributed by atoms with E-state index in [0.29, 0.717) is 5.69 Å². The SMILES string of the molecule is O=C(Nc1ccc(F)cc1)c1cnc(Nc2ccc(F)c(F)c2F)nc1. The lowest BCUT2D eigenvalue weighted by Gasteiger charge is -2.08. The number of aromatic nitrogens is 2. The summed E-state index contributed by atoms with van der Waals surface area (Å²) < 4.78 is 52.5. The quantitative estimate of drug-likeness (QED) is 0.543. The fraction of sp³-hybridized carbons (Fsp3) is 0. The number of amides is 1. The topological polar surface area (TPSA) is 66.9 Å². The highest BCUT2D eigenvalue weighted by atomic mass is 19.2. The smallest absolute Gasteiger partial charge is 0.258 e. The van der Waals surface area contributed by atoms with Gasteiger partial charge in [0.05, 0.1) is 11.3 Å². The summed E-state index contributed by atoms with van der Waals surface area (Å²) in [7, 11) is 0. The third-order valence-electron chi connectivity index (χ3n) is 3.30. The van der Waals surface area contributed by atoms with E-state index < -0.39 is 29.2 Å². The van der Waals surface area contributed by atoms with E-state index in [1.165, 1.54) is 24.3 Å². The van der Waals surface area contributed by atoms with Crippen LogP contribution in [-0.4, -0.2) is 15.9 Å². The molecule has 0 atom stereocenters. The van der Waals surface area contributed by atoms with E-state index in [2.05, 4.69) is 20.6 Å². The molecule has 3 rings (SSSR count). The molecule has 0 radical (unpaired) electrons. The van der Waals surface area contributed by atoms with Gasteiger partial charge in [0.2, 0.25) is 5.95 Å². The maximum atomic E-state index is 13.6. The van der Waals surface area contributed by atoms with Crippen LogP contribution in [0.1, 0.15) is 10.4 Å². The van der Waals surface area contributed by atoms with Gasteiger partial charge in [0.1, 0.15) is 5.82 Å². The molecule has 9 heteroatoms. The van der Waals surface area contributed by atoms with Gasteiger partial charge in [-0.15, -0.1) is 0 Å². The molecule has 1 aromatic heterocycles. The van der Waals surface area contributed by atoms with Crippen LogP contribution < -0.4 is 10.6 Å². The molecular weight excluding hydrogens is 352 g/mol. The average Bonchev–Trinajstić information content (AvgIpc) is 2.64. The molecule has 1 heterocycles. The van der Waals surface area contributed by atoms with Crippen LogP contribution in [0.4, 0.5) is 34.9 Å². The molecular formula is C17H10F4N4O. The van der Waals surface area contributed by atoms with E-state index in [4.69, 9.17) is 0 Å². The monoisotopic (exact) mass is 362 g/mol. The second kappa shape index (κ2) is 7.18. The van der Waals surface area contributed by atoms with Crippen molar-refractivity contribution in [2.24, 2.45) is 0 Å². The Hall–Kier alpha value is -3.49. The van der Waals surface area contributed by atoms with Gasteiger partial charge < -0.3 is 10.6 Å². The van der Waals surface area contributed by atoms with Crippen molar-refractivity contribution in [1.82, 2.24) is 9.97 Å². The predicted octanol–water partition coefficient (Wildman–Crippen LogP) is 4.03. The van der Waals surface area contributed by atoms with Crippen molar-refractivity contribution in [2.75, 3.05) is 10.6 Å².